The fourth-order valence-electron chi connectivity index (χ4n) is 3.76. The van der Waals surface area contributed by atoms with Crippen molar-refractivity contribution >= 4 is 63.2 Å². The summed E-state index contributed by atoms with van der Waals surface area (Å²) in [5.41, 5.74) is 2.30. The average molecular weight is 540 g/mol. The third-order valence-electron chi connectivity index (χ3n) is 5.32. The number of hydrogen-bond acceptors (Lipinski definition) is 7. The van der Waals surface area contributed by atoms with Crippen LogP contribution < -0.4 is 5.32 Å². The zero-order valence-corrected chi connectivity index (χ0v) is 22.1. The molecule has 0 saturated heterocycles. The fraction of sp³-hybridized carbons (Fsp3) is 0.391. The number of nitrogens with one attached hydrogen (secondary N) is 1. The minimum absolute atomic E-state index is 0.120. The van der Waals surface area contributed by atoms with Gasteiger partial charge in [-0.05, 0) is 63.3 Å². The fourth-order valence-corrected chi connectivity index (χ4v) is 6.07. The highest BCUT2D eigenvalue weighted by atomic mass is 35.5. The predicted molar refractivity (Wildman–Crippen MR) is 137 cm³/mol. The lowest BCUT2D eigenvalue weighted by Crippen LogP contribution is -2.19. The largest absolute Gasteiger partial charge is 0.459 e. The molecule has 0 unspecified atom stereocenters. The molecule has 2 heterocycles. The topological polar surface area (TPSA) is 86.1 Å². The number of carbonyl (C=O) groups excluding carboxylic acids is 2. The standard InChI is InChI=1S/C23H24Cl2N4O3S2/c1-12(2)32-22(31)19-14-6-4-5-7-17(14)34-21(19)26-18(30)11-33-23-28-27-20(29(23)3)13-8-9-15(24)16(25)10-13/h8-10,12H,4-7,11H2,1-3H3,(H,26,30). The van der Waals surface area contributed by atoms with Crippen LogP contribution in [0.4, 0.5) is 5.00 Å². The van der Waals surface area contributed by atoms with E-state index in [2.05, 4.69) is 15.5 Å². The zero-order valence-electron chi connectivity index (χ0n) is 19.0. The SMILES string of the molecule is CC(C)OC(=O)c1c(NC(=O)CSc2nnc(-c3ccc(Cl)c(Cl)c3)n2C)sc2c1CCCC2. The molecule has 7 nitrogen and oxygen atoms in total. The Bertz CT molecular complexity index is 1240. The van der Waals surface area contributed by atoms with E-state index in [1.807, 2.05) is 27.0 Å². The molecule has 3 aromatic rings. The molecule has 0 fully saturated rings. The molecule has 0 atom stereocenters. The summed E-state index contributed by atoms with van der Waals surface area (Å²) in [5, 5.41) is 13.4. The minimum atomic E-state index is -0.378. The summed E-state index contributed by atoms with van der Waals surface area (Å²) in [5.74, 6) is 0.138. The van der Waals surface area contributed by atoms with Crippen LogP contribution in [0.15, 0.2) is 23.4 Å². The Morgan fingerprint density at radius 1 is 1.21 bits per heavy atom. The number of thioether (sulfide) groups is 1. The lowest BCUT2D eigenvalue weighted by molar-refractivity contribution is -0.113. The molecule has 1 amide bonds. The third-order valence-corrected chi connectivity index (χ3v) is 8.28. The maximum atomic E-state index is 12.8. The molecule has 34 heavy (non-hydrogen) atoms. The molecule has 0 aliphatic heterocycles. The lowest BCUT2D eigenvalue weighted by atomic mass is 9.95. The van der Waals surface area contributed by atoms with Crippen LogP contribution in [0.5, 0.6) is 0 Å². The molecule has 0 radical (unpaired) electrons. The average Bonchev–Trinajstić information content (AvgIpc) is 3.33. The van der Waals surface area contributed by atoms with Crippen molar-refractivity contribution in [2.24, 2.45) is 7.05 Å². The Morgan fingerprint density at radius 3 is 2.71 bits per heavy atom. The number of ether oxygens (including phenoxy) is 1. The van der Waals surface area contributed by atoms with E-state index in [1.54, 1.807) is 16.7 Å². The molecule has 1 aliphatic carbocycles. The molecule has 0 spiro atoms. The van der Waals surface area contributed by atoms with E-state index in [0.717, 1.165) is 41.7 Å². The number of amides is 1. The van der Waals surface area contributed by atoms with E-state index < -0.39 is 0 Å². The zero-order chi connectivity index (χ0) is 24.4. The Balaban J connectivity index is 1.47. The maximum absolute atomic E-state index is 12.8. The van der Waals surface area contributed by atoms with Crippen molar-refractivity contribution in [3.8, 4) is 11.4 Å². The molecular weight excluding hydrogens is 515 g/mol. The first-order valence-corrected chi connectivity index (χ1v) is 13.4. The van der Waals surface area contributed by atoms with Gasteiger partial charge in [0.05, 0.1) is 27.5 Å². The number of nitrogens with zero attached hydrogens (tertiary/aromatic N) is 3. The van der Waals surface area contributed by atoms with E-state index >= 15 is 0 Å². The summed E-state index contributed by atoms with van der Waals surface area (Å²) in [6.45, 7) is 3.64. The van der Waals surface area contributed by atoms with Crippen LogP contribution in [0.25, 0.3) is 11.4 Å². The van der Waals surface area contributed by atoms with Gasteiger partial charge in [0.2, 0.25) is 5.91 Å². The molecule has 11 heteroatoms. The van der Waals surface area contributed by atoms with Gasteiger partial charge >= 0.3 is 5.97 Å². The van der Waals surface area contributed by atoms with Crippen LogP contribution in [-0.4, -0.2) is 38.5 Å². The maximum Gasteiger partial charge on any atom is 0.341 e. The summed E-state index contributed by atoms with van der Waals surface area (Å²) in [6, 6.07) is 5.25. The highest BCUT2D eigenvalue weighted by Gasteiger charge is 2.28. The van der Waals surface area contributed by atoms with Crippen molar-refractivity contribution in [1.82, 2.24) is 14.8 Å². The lowest BCUT2D eigenvalue weighted by Gasteiger charge is -2.14. The van der Waals surface area contributed by atoms with Crippen LogP contribution in [0.3, 0.4) is 0 Å². The van der Waals surface area contributed by atoms with Gasteiger partial charge in [-0.2, -0.15) is 0 Å². The number of aromatic nitrogens is 3. The summed E-state index contributed by atoms with van der Waals surface area (Å²) in [6.07, 6.45) is 3.63. The van der Waals surface area contributed by atoms with Crippen molar-refractivity contribution in [1.29, 1.82) is 0 Å². The highest BCUT2D eigenvalue weighted by molar-refractivity contribution is 7.99. The molecule has 180 valence electrons. The van der Waals surface area contributed by atoms with Crippen molar-refractivity contribution in [3.05, 3.63) is 44.2 Å². The predicted octanol–water partition coefficient (Wildman–Crippen LogP) is 6.03. The molecule has 0 saturated carbocycles. The summed E-state index contributed by atoms with van der Waals surface area (Å²) < 4.78 is 7.26. The van der Waals surface area contributed by atoms with Gasteiger partial charge < -0.3 is 14.6 Å². The number of rotatable bonds is 7. The van der Waals surface area contributed by atoms with Gasteiger partial charge in [0, 0.05) is 17.5 Å². The first-order valence-electron chi connectivity index (χ1n) is 10.9. The van der Waals surface area contributed by atoms with Gasteiger partial charge in [0.25, 0.3) is 0 Å². The van der Waals surface area contributed by atoms with E-state index in [1.165, 1.54) is 23.1 Å². The van der Waals surface area contributed by atoms with Crippen LogP contribution >= 0.6 is 46.3 Å². The highest BCUT2D eigenvalue weighted by Crippen LogP contribution is 2.39. The molecule has 1 N–H and O–H groups in total. The molecular formula is C23H24Cl2N4O3S2. The first kappa shape index (κ1) is 25.0. The molecule has 1 aliphatic rings. The summed E-state index contributed by atoms with van der Waals surface area (Å²) in [7, 11) is 1.82. The number of thiophene rings is 1. The monoisotopic (exact) mass is 538 g/mol. The number of esters is 1. The Hall–Kier alpha value is -2.07. The first-order chi connectivity index (χ1) is 16.2. The van der Waals surface area contributed by atoms with Gasteiger partial charge in [-0.3, -0.25) is 4.79 Å². The second-order valence-corrected chi connectivity index (χ2v) is 11.1. The number of hydrogen-bond donors (Lipinski definition) is 1. The van der Waals surface area contributed by atoms with Gasteiger partial charge in [0.1, 0.15) is 5.00 Å². The van der Waals surface area contributed by atoms with Crippen LogP contribution in [0.1, 0.15) is 47.5 Å². The number of halogens is 2. The number of benzene rings is 1. The van der Waals surface area contributed by atoms with Gasteiger partial charge in [0.15, 0.2) is 11.0 Å². The van der Waals surface area contributed by atoms with E-state index in [4.69, 9.17) is 27.9 Å². The van der Waals surface area contributed by atoms with E-state index in [9.17, 15) is 9.59 Å². The second-order valence-electron chi connectivity index (χ2n) is 8.20. The molecule has 4 rings (SSSR count). The van der Waals surface area contributed by atoms with Gasteiger partial charge in [-0.25, -0.2) is 4.79 Å². The molecule has 0 bridgehead atoms. The van der Waals surface area contributed by atoms with Gasteiger partial charge in [-0.15, -0.1) is 21.5 Å². The summed E-state index contributed by atoms with van der Waals surface area (Å²) >= 11 is 14.9. The minimum Gasteiger partial charge on any atom is -0.459 e. The number of aryl methyl sites for hydroxylation is 1. The van der Waals surface area contributed by atoms with E-state index in [0.29, 0.717) is 31.6 Å². The van der Waals surface area contributed by atoms with Gasteiger partial charge in [-0.1, -0.05) is 35.0 Å². The quantitative estimate of drug-likeness (QED) is 0.292. The van der Waals surface area contributed by atoms with E-state index in [-0.39, 0.29) is 23.7 Å². The molecule has 1 aromatic carbocycles. The van der Waals surface area contributed by atoms with Crippen LogP contribution in [0.2, 0.25) is 10.0 Å². The normalized spacial score (nSPS) is 13.1. The van der Waals surface area contributed by atoms with Crippen LogP contribution in [0, 0.1) is 0 Å². The summed E-state index contributed by atoms with van der Waals surface area (Å²) in [4.78, 5) is 26.7. The number of carbonyl (C=O) groups is 2. The third kappa shape index (κ3) is 5.43. The van der Waals surface area contributed by atoms with Crippen molar-refractivity contribution < 1.29 is 14.3 Å². The smallest absolute Gasteiger partial charge is 0.341 e. The molecule has 2 aromatic heterocycles. The van der Waals surface area contributed by atoms with Crippen molar-refractivity contribution in [2.75, 3.05) is 11.1 Å². The van der Waals surface area contributed by atoms with Crippen molar-refractivity contribution in [2.45, 2.75) is 50.8 Å². The number of fused-ring (bicyclic) bond motifs is 1. The van der Waals surface area contributed by atoms with Crippen molar-refractivity contribution in [3.63, 3.8) is 0 Å². The number of anilines is 1. The Kier molecular flexibility index (Phi) is 7.87. The van der Waals surface area contributed by atoms with Crippen LogP contribution in [-0.2, 0) is 29.4 Å². The Labute approximate surface area is 216 Å². The second kappa shape index (κ2) is 10.7. The Morgan fingerprint density at radius 2 is 1.97 bits per heavy atom.